The van der Waals surface area contributed by atoms with Crippen LogP contribution in [-0.2, 0) is 22.7 Å². The van der Waals surface area contributed by atoms with Gasteiger partial charge >= 0.3 is 0 Å². The smallest absolute Gasteiger partial charge is 0.206 e. The van der Waals surface area contributed by atoms with Gasteiger partial charge in [0.05, 0.1) is 31.9 Å². The van der Waals surface area contributed by atoms with Crippen molar-refractivity contribution in [1.29, 1.82) is 0 Å². The van der Waals surface area contributed by atoms with Crippen molar-refractivity contribution in [3.8, 4) is 22.5 Å². The second-order valence-electron chi connectivity index (χ2n) is 9.11. The Morgan fingerprint density at radius 2 is 1.16 bits per heavy atom. The van der Waals surface area contributed by atoms with Crippen molar-refractivity contribution in [1.82, 2.24) is 19.9 Å². The number of sulfone groups is 1. The number of benzene rings is 4. The van der Waals surface area contributed by atoms with E-state index in [4.69, 9.17) is 4.98 Å². The number of hydrogen-bond acceptors (Lipinski definition) is 4. The van der Waals surface area contributed by atoms with Gasteiger partial charge in [-0.2, -0.15) is 0 Å². The summed E-state index contributed by atoms with van der Waals surface area (Å²) in [7, 11) is -3.58. The van der Waals surface area contributed by atoms with E-state index in [1.165, 1.54) is 0 Å². The molecule has 0 saturated heterocycles. The molecular weight excluding hydrogens is 480 g/mol. The summed E-state index contributed by atoms with van der Waals surface area (Å²) < 4.78 is 26.1. The second kappa shape index (κ2) is 9.01. The number of hydrogen-bond donors (Lipinski definition) is 2. The van der Waals surface area contributed by atoms with Crippen LogP contribution in [-0.4, -0.2) is 28.4 Å². The third kappa shape index (κ3) is 4.21. The van der Waals surface area contributed by atoms with Gasteiger partial charge in [-0.3, -0.25) is 0 Å². The normalized spacial score (nSPS) is 11.9. The molecule has 0 fully saturated rings. The van der Waals surface area contributed by atoms with Crippen molar-refractivity contribution in [3.63, 3.8) is 0 Å². The van der Waals surface area contributed by atoms with Crippen LogP contribution in [0.15, 0.2) is 94.7 Å². The highest BCUT2D eigenvalue weighted by Crippen LogP contribution is 2.29. The molecule has 0 aliphatic heterocycles. The highest BCUT2D eigenvalue weighted by Gasteiger charge is 2.18. The summed E-state index contributed by atoms with van der Waals surface area (Å²) in [4.78, 5) is 16.7. The fraction of sp³-hybridized carbons (Fsp3) is 0.133. The molecular formula is C30H26N4O2S. The van der Waals surface area contributed by atoms with Gasteiger partial charge in [-0.25, -0.2) is 18.4 Å². The van der Waals surface area contributed by atoms with Gasteiger partial charge in [0, 0.05) is 12.0 Å². The lowest BCUT2D eigenvalue weighted by Crippen LogP contribution is -2.02. The number of aromatic amines is 2. The molecule has 0 bridgehead atoms. The first kappa shape index (κ1) is 23.2. The zero-order chi connectivity index (χ0) is 25.6. The van der Waals surface area contributed by atoms with Crippen LogP contribution in [0.2, 0.25) is 0 Å². The molecule has 0 amide bonds. The number of nitrogens with one attached hydrogen (secondary N) is 2. The van der Waals surface area contributed by atoms with E-state index >= 15 is 0 Å². The number of fused-ring (bicyclic) bond motifs is 2. The van der Waals surface area contributed by atoms with Gasteiger partial charge in [0.15, 0.2) is 0 Å². The van der Waals surface area contributed by atoms with Gasteiger partial charge < -0.3 is 9.97 Å². The lowest BCUT2D eigenvalue weighted by atomic mass is 10.0. The molecule has 0 unspecified atom stereocenters. The van der Waals surface area contributed by atoms with Gasteiger partial charge in [-0.1, -0.05) is 38.1 Å². The Labute approximate surface area is 215 Å². The topological polar surface area (TPSA) is 91.5 Å². The minimum atomic E-state index is -3.58. The Kier molecular flexibility index (Phi) is 5.65. The van der Waals surface area contributed by atoms with Crippen molar-refractivity contribution >= 4 is 31.9 Å². The first-order valence-electron chi connectivity index (χ1n) is 12.4. The number of rotatable bonds is 6. The largest absolute Gasteiger partial charge is 0.342 e. The van der Waals surface area contributed by atoms with Gasteiger partial charge in [-0.05, 0) is 83.8 Å². The van der Waals surface area contributed by atoms with Crippen molar-refractivity contribution in [3.05, 3.63) is 96.3 Å². The average molecular weight is 507 g/mol. The number of imidazole rings is 2. The maximum absolute atomic E-state index is 13.1. The minimum absolute atomic E-state index is 0.263. The Morgan fingerprint density at radius 3 is 1.76 bits per heavy atom. The van der Waals surface area contributed by atoms with E-state index < -0.39 is 9.84 Å². The monoisotopic (exact) mass is 506 g/mol. The molecule has 4 aromatic carbocycles. The van der Waals surface area contributed by atoms with Crippen LogP contribution in [0.1, 0.15) is 25.2 Å². The van der Waals surface area contributed by atoms with E-state index in [0.29, 0.717) is 10.7 Å². The highest BCUT2D eigenvalue weighted by atomic mass is 32.2. The van der Waals surface area contributed by atoms with Gasteiger partial charge in [0.25, 0.3) is 0 Å². The molecule has 0 atom stereocenters. The highest BCUT2D eigenvalue weighted by molar-refractivity contribution is 7.91. The van der Waals surface area contributed by atoms with Crippen LogP contribution in [0.3, 0.4) is 0 Å². The van der Waals surface area contributed by atoms with Crippen molar-refractivity contribution in [2.75, 3.05) is 0 Å². The molecule has 0 aliphatic carbocycles. The molecule has 0 saturated carbocycles. The number of aromatic nitrogens is 4. The summed E-state index contributed by atoms with van der Waals surface area (Å²) in [5.41, 5.74) is 7.86. The molecule has 6 rings (SSSR count). The Bertz CT molecular complexity index is 1850. The molecule has 0 spiro atoms. The predicted molar refractivity (Wildman–Crippen MR) is 147 cm³/mol. The quantitative estimate of drug-likeness (QED) is 0.262. The van der Waals surface area contributed by atoms with Crippen molar-refractivity contribution < 1.29 is 8.42 Å². The van der Waals surface area contributed by atoms with E-state index in [2.05, 4.69) is 46.1 Å². The Morgan fingerprint density at radius 1 is 0.622 bits per heavy atom. The van der Waals surface area contributed by atoms with Crippen LogP contribution >= 0.6 is 0 Å². The van der Waals surface area contributed by atoms with Crippen LogP contribution in [0.5, 0.6) is 0 Å². The summed E-state index contributed by atoms with van der Waals surface area (Å²) in [6, 6.07) is 26.3. The van der Waals surface area contributed by atoms with E-state index in [1.54, 1.807) is 36.4 Å². The summed E-state index contributed by atoms with van der Waals surface area (Å²) in [6.45, 7) is 4.13. The zero-order valence-corrected chi connectivity index (χ0v) is 21.4. The lowest BCUT2D eigenvalue weighted by molar-refractivity contribution is 0.596. The first-order valence-corrected chi connectivity index (χ1v) is 13.9. The molecule has 184 valence electrons. The van der Waals surface area contributed by atoms with Crippen LogP contribution < -0.4 is 0 Å². The maximum atomic E-state index is 13.1. The zero-order valence-electron chi connectivity index (χ0n) is 20.6. The molecule has 0 aliphatic rings. The van der Waals surface area contributed by atoms with Gasteiger partial charge in [-0.15, -0.1) is 0 Å². The van der Waals surface area contributed by atoms with E-state index in [-0.39, 0.29) is 4.90 Å². The van der Waals surface area contributed by atoms with Gasteiger partial charge in [0.1, 0.15) is 11.6 Å². The average Bonchev–Trinajstić information content (AvgIpc) is 3.56. The molecule has 6 aromatic rings. The molecule has 2 N–H and O–H groups in total. The lowest BCUT2D eigenvalue weighted by Gasteiger charge is -2.06. The molecule has 2 aromatic heterocycles. The number of nitrogens with zero attached hydrogens (tertiary/aromatic N) is 2. The summed E-state index contributed by atoms with van der Waals surface area (Å²) >= 11 is 0. The molecule has 7 heteroatoms. The molecule has 37 heavy (non-hydrogen) atoms. The van der Waals surface area contributed by atoms with Crippen LogP contribution in [0.4, 0.5) is 0 Å². The number of aryl methyl sites for hydroxylation is 2. The molecule has 2 heterocycles. The van der Waals surface area contributed by atoms with Crippen LogP contribution in [0.25, 0.3) is 44.6 Å². The van der Waals surface area contributed by atoms with Gasteiger partial charge in [0.2, 0.25) is 9.84 Å². The third-order valence-electron chi connectivity index (χ3n) is 6.76. The third-order valence-corrected chi connectivity index (χ3v) is 8.55. The Hall–Kier alpha value is -4.23. The molecule has 6 nitrogen and oxygen atoms in total. The summed E-state index contributed by atoms with van der Waals surface area (Å²) in [5.74, 6) is 1.68. The van der Waals surface area contributed by atoms with E-state index in [1.807, 2.05) is 31.2 Å². The first-order chi connectivity index (χ1) is 17.9. The minimum Gasteiger partial charge on any atom is -0.342 e. The summed E-state index contributed by atoms with van der Waals surface area (Å²) in [6.07, 6.45) is 1.74. The SMILES string of the molecule is CCc1ccc(S(=O)(=O)c2ccc(-c3nc4ccc(-c5ccc6nc(CC)[nH]c6c5)cc4[nH]3)cc2)cc1. The summed E-state index contributed by atoms with van der Waals surface area (Å²) in [5, 5.41) is 0. The van der Waals surface area contributed by atoms with E-state index in [0.717, 1.165) is 63.0 Å². The standard InChI is InChI=1S/C30H26N4O2S/c1-3-19-5-11-23(12-6-19)37(35,36)24-13-7-20(8-14-24)30-33-26-16-10-22(18-28(26)34-30)21-9-15-25-27(17-21)32-29(4-2)31-25/h5-18H,3-4H2,1-2H3,(H,31,32)(H,33,34). The fourth-order valence-electron chi connectivity index (χ4n) is 4.57. The van der Waals surface area contributed by atoms with E-state index in [9.17, 15) is 8.42 Å². The Balaban J connectivity index is 1.29. The number of H-pyrrole nitrogens is 2. The predicted octanol–water partition coefficient (Wildman–Crippen LogP) is 6.73. The van der Waals surface area contributed by atoms with Crippen molar-refractivity contribution in [2.24, 2.45) is 0 Å². The van der Waals surface area contributed by atoms with Crippen LogP contribution in [0, 0.1) is 0 Å². The maximum Gasteiger partial charge on any atom is 0.206 e. The molecule has 0 radical (unpaired) electrons. The fourth-order valence-corrected chi connectivity index (χ4v) is 5.83. The van der Waals surface area contributed by atoms with Crippen molar-refractivity contribution in [2.45, 2.75) is 36.5 Å². The second-order valence-corrected chi connectivity index (χ2v) is 11.1.